The highest BCUT2D eigenvalue weighted by atomic mass is 16.7. The van der Waals surface area contributed by atoms with Crippen LogP contribution < -0.4 is 5.32 Å². The first kappa shape index (κ1) is 8.48. The summed E-state index contributed by atoms with van der Waals surface area (Å²) < 4.78 is 10.1. The van der Waals surface area contributed by atoms with E-state index in [1.54, 1.807) is 7.11 Å². The van der Waals surface area contributed by atoms with Gasteiger partial charge in [-0.05, 0) is 18.3 Å². The van der Waals surface area contributed by atoms with Gasteiger partial charge in [0.25, 0.3) is 0 Å². The largest absolute Gasteiger partial charge is 0.359 e. The first-order valence-corrected chi connectivity index (χ1v) is 4.57. The van der Waals surface area contributed by atoms with E-state index in [0.717, 1.165) is 12.6 Å². The van der Waals surface area contributed by atoms with Crippen LogP contribution in [0.15, 0.2) is 0 Å². The molecule has 3 atom stereocenters. The van der Waals surface area contributed by atoms with E-state index in [9.17, 15) is 0 Å². The molecule has 3 heteroatoms. The molecule has 0 spiro atoms. The molecule has 2 fully saturated rings. The molecule has 72 valence electrons. The molecule has 1 heterocycles. The monoisotopic (exact) mass is 173 g/mol. The van der Waals surface area contributed by atoms with Crippen LogP contribution in [0.3, 0.4) is 0 Å². The average molecular weight is 173 g/mol. The van der Waals surface area contributed by atoms with Gasteiger partial charge in [-0.25, -0.2) is 0 Å². The van der Waals surface area contributed by atoms with Crippen LogP contribution >= 0.6 is 0 Å². The molecule has 3 nitrogen and oxygen atoms in total. The Hall–Kier alpha value is -0.120. The Morgan fingerprint density at radius 2 is 2.42 bits per heavy atom. The number of ether oxygens (including phenoxy) is 2. The summed E-state index contributed by atoms with van der Waals surface area (Å²) in [4.78, 5) is 0. The van der Waals surface area contributed by atoms with E-state index in [-0.39, 0.29) is 1.43 Å². The summed E-state index contributed by atoms with van der Waals surface area (Å²) >= 11 is 0. The Bertz CT molecular complexity index is 179. The molecule has 1 saturated heterocycles. The maximum absolute atomic E-state index is 5.30. The first-order chi connectivity index (χ1) is 5.74. The van der Waals surface area contributed by atoms with Gasteiger partial charge in [-0.15, -0.1) is 0 Å². The second kappa shape index (κ2) is 2.98. The summed E-state index contributed by atoms with van der Waals surface area (Å²) in [7, 11) is 1.65. The van der Waals surface area contributed by atoms with E-state index in [2.05, 4.69) is 12.2 Å². The van der Waals surface area contributed by atoms with Crippen LogP contribution in [0.2, 0.25) is 0 Å². The van der Waals surface area contributed by atoms with E-state index >= 15 is 0 Å². The topological polar surface area (TPSA) is 30.5 Å². The predicted molar refractivity (Wildman–Crippen MR) is 48.0 cm³/mol. The fraction of sp³-hybridized carbons (Fsp3) is 1.00. The van der Waals surface area contributed by atoms with Crippen LogP contribution in [0.1, 0.15) is 21.2 Å². The molecular formula is C9H19NO2. The number of hydrogen-bond donors (Lipinski definition) is 1. The molecule has 12 heavy (non-hydrogen) atoms. The zero-order valence-corrected chi connectivity index (χ0v) is 7.80. The van der Waals surface area contributed by atoms with Gasteiger partial charge in [0.1, 0.15) is 6.79 Å². The second-order valence-corrected chi connectivity index (χ2v) is 4.26. The first-order valence-electron chi connectivity index (χ1n) is 4.57. The van der Waals surface area contributed by atoms with Crippen molar-refractivity contribution in [3.8, 4) is 0 Å². The molecule has 2 rings (SSSR count). The molecule has 0 aromatic heterocycles. The predicted octanol–water partition coefficient (Wildman–Crippen LogP) is 0.993. The molecule has 1 aliphatic carbocycles. The molecule has 0 aromatic rings. The SMILES string of the molecule is COCOC[C@@H]1C[C@]2(C)CC2N1.[HH]. The van der Waals surface area contributed by atoms with Crippen LogP contribution in [0.25, 0.3) is 0 Å². The average Bonchev–Trinajstić information content (AvgIpc) is 2.52. The van der Waals surface area contributed by atoms with Crippen LogP contribution in [-0.2, 0) is 9.47 Å². The van der Waals surface area contributed by atoms with Crippen molar-refractivity contribution in [3.05, 3.63) is 0 Å². The van der Waals surface area contributed by atoms with E-state index in [1.807, 2.05) is 0 Å². The number of nitrogens with one attached hydrogen (secondary N) is 1. The summed E-state index contributed by atoms with van der Waals surface area (Å²) in [5, 5.41) is 3.55. The van der Waals surface area contributed by atoms with Crippen molar-refractivity contribution < 1.29 is 10.9 Å². The van der Waals surface area contributed by atoms with E-state index in [0.29, 0.717) is 18.2 Å². The van der Waals surface area contributed by atoms with Crippen molar-refractivity contribution in [1.82, 2.24) is 5.32 Å². The zero-order chi connectivity index (χ0) is 8.60. The minimum absolute atomic E-state index is 0. The normalized spacial score (nSPS) is 44.5. The quantitative estimate of drug-likeness (QED) is 0.508. The lowest BCUT2D eigenvalue weighted by atomic mass is 10.0. The number of rotatable bonds is 4. The molecular weight excluding hydrogens is 154 g/mol. The number of fused-ring (bicyclic) bond motifs is 1. The van der Waals surface area contributed by atoms with Gasteiger partial charge in [0.15, 0.2) is 0 Å². The lowest BCUT2D eigenvalue weighted by Gasteiger charge is -2.13. The van der Waals surface area contributed by atoms with Gasteiger partial charge in [0, 0.05) is 20.6 Å². The molecule has 0 radical (unpaired) electrons. The maximum Gasteiger partial charge on any atom is 0.146 e. The van der Waals surface area contributed by atoms with Gasteiger partial charge in [-0.2, -0.15) is 0 Å². The maximum atomic E-state index is 5.30. The van der Waals surface area contributed by atoms with Gasteiger partial charge < -0.3 is 14.8 Å². The summed E-state index contributed by atoms with van der Waals surface area (Å²) in [5.74, 6) is 0. The highest BCUT2D eigenvalue weighted by Crippen LogP contribution is 2.53. The van der Waals surface area contributed by atoms with E-state index in [1.165, 1.54) is 12.8 Å². The van der Waals surface area contributed by atoms with Crippen molar-refractivity contribution in [2.45, 2.75) is 31.8 Å². The van der Waals surface area contributed by atoms with Crippen molar-refractivity contribution in [3.63, 3.8) is 0 Å². The van der Waals surface area contributed by atoms with Gasteiger partial charge in [-0.3, -0.25) is 0 Å². The second-order valence-electron chi connectivity index (χ2n) is 4.26. The van der Waals surface area contributed by atoms with Crippen LogP contribution in [0.5, 0.6) is 0 Å². The highest BCUT2D eigenvalue weighted by Gasteiger charge is 2.56. The highest BCUT2D eigenvalue weighted by molar-refractivity contribution is 5.12. The minimum atomic E-state index is 0. The van der Waals surface area contributed by atoms with E-state index < -0.39 is 0 Å². The van der Waals surface area contributed by atoms with Gasteiger partial charge in [-0.1, -0.05) is 6.92 Å². The molecule has 0 amide bonds. The lowest BCUT2D eigenvalue weighted by Crippen LogP contribution is -2.30. The van der Waals surface area contributed by atoms with E-state index in [4.69, 9.17) is 9.47 Å². The minimum Gasteiger partial charge on any atom is -0.359 e. The van der Waals surface area contributed by atoms with Gasteiger partial charge in [0.2, 0.25) is 0 Å². The zero-order valence-electron chi connectivity index (χ0n) is 7.80. The Morgan fingerprint density at radius 3 is 3.00 bits per heavy atom. The van der Waals surface area contributed by atoms with Crippen LogP contribution in [0.4, 0.5) is 0 Å². The number of piperidine rings is 1. The molecule has 1 unspecified atom stereocenters. The standard InChI is InChI=1S/C9H17NO2.H2/c1-9-3-7(5-12-6-11-2)10-8(9)4-9;/h7-8,10H,3-6H2,1-2H3;1H/t7-,8?,9+;/m0./s1. The molecule has 0 aromatic carbocycles. The van der Waals surface area contributed by atoms with Crippen molar-refractivity contribution >= 4 is 0 Å². The third-order valence-corrected chi connectivity index (χ3v) is 3.02. The Kier molecular flexibility index (Phi) is 2.10. The van der Waals surface area contributed by atoms with Gasteiger partial charge >= 0.3 is 0 Å². The van der Waals surface area contributed by atoms with Crippen LogP contribution in [0, 0.1) is 5.41 Å². The lowest BCUT2D eigenvalue weighted by molar-refractivity contribution is -0.0377. The Balaban J connectivity index is 0.000000845. The molecule has 0 bridgehead atoms. The molecule has 2 aliphatic rings. The molecule has 1 N–H and O–H groups in total. The van der Waals surface area contributed by atoms with Crippen molar-refractivity contribution in [2.24, 2.45) is 5.41 Å². The third kappa shape index (κ3) is 1.49. The van der Waals surface area contributed by atoms with Crippen molar-refractivity contribution in [1.29, 1.82) is 0 Å². The van der Waals surface area contributed by atoms with Gasteiger partial charge in [0.05, 0.1) is 6.61 Å². The fourth-order valence-corrected chi connectivity index (χ4v) is 2.18. The van der Waals surface area contributed by atoms with Crippen molar-refractivity contribution in [2.75, 3.05) is 20.5 Å². The summed E-state index contributed by atoms with van der Waals surface area (Å²) in [6, 6.07) is 1.33. The Morgan fingerprint density at radius 1 is 1.58 bits per heavy atom. The summed E-state index contributed by atoms with van der Waals surface area (Å²) in [5.41, 5.74) is 0.598. The fourth-order valence-electron chi connectivity index (χ4n) is 2.18. The third-order valence-electron chi connectivity index (χ3n) is 3.02. The molecule has 1 saturated carbocycles. The molecule has 1 aliphatic heterocycles. The smallest absolute Gasteiger partial charge is 0.146 e. The number of hydrogen-bond acceptors (Lipinski definition) is 3. The van der Waals surface area contributed by atoms with Crippen LogP contribution in [-0.4, -0.2) is 32.6 Å². The summed E-state index contributed by atoms with van der Waals surface area (Å²) in [6.45, 7) is 3.56. The Labute approximate surface area is 74.9 Å². The number of methoxy groups -OCH3 is 1. The summed E-state index contributed by atoms with van der Waals surface area (Å²) in [6.07, 6.45) is 2.62.